The fourth-order valence-electron chi connectivity index (χ4n) is 6.11. The molecule has 3 aliphatic rings. The lowest BCUT2D eigenvalue weighted by atomic mass is 9.86. The maximum absolute atomic E-state index is 13.9. The van der Waals surface area contributed by atoms with Gasteiger partial charge in [0.1, 0.15) is 0 Å². The van der Waals surface area contributed by atoms with Crippen LogP contribution in [-0.4, -0.2) is 88.3 Å². The molecule has 1 aromatic rings. The van der Waals surface area contributed by atoms with Crippen LogP contribution < -0.4 is 0 Å². The first kappa shape index (κ1) is 28.7. The summed E-state index contributed by atoms with van der Waals surface area (Å²) < 4.78 is 27.8. The Kier molecular flexibility index (Phi) is 8.38. The van der Waals surface area contributed by atoms with Gasteiger partial charge in [-0.05, 0) is 50.8 Å². The van der Waals surface area contributed by atoms with Gasteiger partial charge in [0, 0.05) is 62.9 Å². The minimum atomic E-state index is -2.73. The number of likely N-dealkylation sites (tertiary alicyclic amines) is 2. The van der Waals surface area contributed by atoms with E-state index in [9.17, 15) is 28.3 Å². The summed E-state index contributed by atoms with van der Waals surface area (Å²) in [5.41, 5.74) is -0.110. The Bertz CT molecular complexity index is 1040. The molecule has 210 valence electrons. The van der Waals surface area contributed by atoms with Gasteiger partial charge in [-0.1, -0.05) is 23.7 Å². The molecule has 4 rings (SSSR count). The van der Waals surface area contributed by atoms with Crippen LogP contribution in [0.5, 0.6) is 0 Å². The van der Waals surface area contributed by atoms with E-state index in [-0.39, 0.29) is 68.0 Å². The number of aliphatic hydroxyl groups is 1. The van der Waals surface area contributed by atoms with Gasteiger partial charge in [0.25, 0.3) is 0 Å². The SMILES string of the molecule is CC(=O)N1C[C@@H](C(=O)N2CC[C@H](N(C(=O)C(C)(C)CO)C3CCC(F)(F)CC3)C2)[C@H](c2ccc(Cl)cc2)C1. The van der Waals surface area contributed by atoms with Crippen LogP contribution in [0.2, 0.25) is 5.02 Å². The van der Waals surface area contributed by atoms with Crippen LogP contribution in [0.4, 0.5) is 8.78 Å². The van der Waals surface area contributed by atoms with Gasteiger partial charge >= 0.3 is 0 Å². The van der Waals surface area contributed by atoms with Crippen molar-refractivity contribution in [1.29, 1.82) is 0 Å². The van der Waals surface area contributed by atoms with E-state index in [1.54, 1.807) is 40.7 Å². The number of nitrogens with zero attached hydrogens (tertiary/aromatic N) is 3. The highest BCUT2D eigenvalue weighted by Crippen LogP contribution is 2.39. The van der Waals surface area contributed by atoms with Crippen LogP contribution >= 0.6 is 11.6 Å². The third-order valence-corrected chi connectivity index (χ3v) is 8.79. The molecule has 3 fully saturated rings. The summed E-state index contributed by atoms with van der Waals surface area (Å²) in [6, 6.07) is 6.67. The molecule has 0 unspecified atom stereocenters. The maximum Gasteiger partial charge on any atom is 0.248 e. The number of aliphatic hydroxyl groups excluding tert-OH is 1. The lowest BCUT2D eigenvalue weighted by Crippen LogP contribution is -2.55. The number of halogens is 3. The molecule has 2 aliphatic heterocycles. The van der Waals surface area contributed by atoms with Crippen LogP contribution in [-0.2, 0) is 14.4 Å². The summed E-state index contributed by atoms with van der Waals surface area (Å²) in [5.74, 6) is -3.75. The molecule has 1 aliphatic carbocycles. The van der Waals surface area contributed by atoms with Crippen LogP contribution in [0.25, 0.3) is 0 Å². The van der Waals surface area contributed by atoms with Crippen LogP contribution in [0.3, 0.4) is 0 Å². The van der Waals surface area contributed by atoms with Gasteiger partial charge in [-0.2, -0.15) is 0 Å². The largest absolute Gasteiger partial charge is 0.395 e. The second-order valence-electron chi connectivity index (χ2n) is 11.8. The summed E-state index contributed by atoms with van der Waals surface area (Å²) in [7, 11) is 0. The van der Waals surface area contributed by atoms with Gasteiger partial charge in [-0.3, -0.25) is 14.4 Å². The third kappa shape index (κ3) is 5.98. The number of rotatable bonds is 6. The zero-order valence-electron chi connectivity index (χ0n) is 22.3. The fourth-order valence-corrected chi connectivity index (χ4v) is 6.24. The number of carbonyl (C=O) groups excluding carboxylic acids is 3. The molecule has 3 amide bonds. The van der Waals surface area contributed by atoms with E-state index in [2.05, 4.69) is 0 Å². The molecule has 38 heavy (non-hydrogen) atoms. The van der Waals surface area contributed by atoms with Gasteiger partial charge in [-0.15, -0.1) is 0 Å². The molecule has 7 nitrogen and oxygen atoms in total. The molecule has 1 saturated carbocycles. The molecule has 0 spiro atoms. The first-order chi connectivity index (χ1) is 17.8. The minimum absolute atomic E-state index is 0.0693. The predicted octanol–water partition coefficient (Wildman–Crippen LogP) is 3.93. The van der Waals surface area contributed by atoms with E-state index < -0.39 is 17.3 Å². The molecular formula is C28H38ClF2N3O4. The van der Waals surface area contributed by atoms with E-state index in [1.165, 1.54) is 6.92 Å². The molecule has 0 bridgehead atoms. The van der Waals surface area contributed by atoms with Gasteiger partial charge in [0.15, 0.2) is 0 Å². The number of benzene rings is 1. The normalized spacial score (nSPS) is 26.0. The number of hydrogen-bond acceptors (Lipinski definition) is 4. The fraction of sp³-hybridized carbons (Fsp3) is 0.679. The van der Waals surface area contributed by atoms with Crippen molar-refractivity contribution in [2.24, 2.45) is 11.3 Å². The second-order valence-corrected chi connectivity index (χ2v) is 12.2. The van der Waals surface area contributed by atoms with E-state index in [4.69, 9.17) is 11.6 Å². The zero-order valence-corrected chi connectivity index (χ0v) is 23.1. The molecule has 2 heterocycles. The quantitative estimate of drug-likeness (QED) is 0.579. The van der Waals surface area contributed by atoms with E-state index in [1.807, 2.05) is 12.1 Å². The summed E-state index contributed by atoms with van der Waals surface area (Å²) in [5, 5.41) is 10.5. The van der Waals surface area contributed by atoms with E-state index >= 15 is 0 Å². The summed E-state index contributed by atoms with van der Waals surface area (Å²) >= 11 is 6.06. The first-order valence-corrected chi connectivity index (χ1v) is 13.8. The smallest absolute Gasteiger partial charge is 0.248 e. The van der Waals surface area contributed by atoms with Gasteiger partial charge in [0.2, 0.25) is 23.6 Å². The van der Waals surface area contributed by atoms with Gasteiger partial charge < -0.3 is 19.8 Å². The lowest BCUT2D eigenvalue weighted by Gasteiger charge is -2.43. The first-order valence-electron chi connectivity index (χ1n) is 13.4. The van der Waals surface area contributed by atoms with E-state index in [0.29, 0.717) is 37.6 Å². The van der Waals surface area contributed by atoms with Crippen molar-refractivity contribution in [3.8, 4) is 0 Å². The van der Waals surface area contributed by atoms with Gasteiger partial charge in [-0.25, -0.2) is 8.78 Å². The monoisotopic (exact) mass is 553 g/mol. The van der Waals surface area contributed by atoms with Crippen molar-refractivity contribution < 1.29 is 28.3 Å². The molecular weight excluding hydrogens is 516 g/mol. The molecule has 0 aromatic heterocycles. The van der Waals surface area contributed by atoms with Crippen LogP contribution in [0.15, 0.2) is 24.3 Å². The average molecular weight is 554 g/mol. The van der Waals surface area contributed by atoms with Crippen molar-refractivity contribution >= 4 is 29.3 Å². The van der Waals surface area contributed by atoms with E-state index in [0.717, 1.165) is 5.56 Å². The van der Waals surface area contributed by atoms with Crippen molar-refractivity contribution in [1.82, 2.24) is 14.7 Å². The molecule has 1 N–H and O–H groups in total. The van der Waals surface area contributed by atoms with Crippen LogP contribution in [0, 0.1) is 11.3 Å². The number of alkyl halides is 2. The standard InChI is InChI=1S/C28H38ClF2N3O4/c1-18(36)33-15-23(19-4-6-20(29)7-5-19)24(16-33)25(37)32-13-10-22(14-32)34(26(38)27(2,3)17-35)21-8-11-28(30,31)12-9-21/h4-7,21-24,35H,8-17H2,1-3H3/t22-,23-,24+/m0/s1. The Labute approximate surface area is 228 Å². The Morgan fingerprint density at radius 2 is 1.66 bits per heavy atom. The third-order valence-electron chi connectivity index (χ3n) is 8.54. The van der Waals surface area contributed by atoms with Crippen molar-refractivity contribution in [3.63, 3.8) is 0 Å². The highest BCUT2D eigenvalue weighted by Gasteiger charge is 2.47. The highest BCUT2D eigenvalue weighted by molar-refractivity contribution is 6.30. The summed E-state index contributed by atoms with van der Waals surface area (Å²) in [6.45, 7) is 5.97. The minimum Gasteiger partial charge on any atom is -0.395 e. The molecule has 10 heteroatoms. The predicted molar refractivity (Wildman–Crippen MR) is 140 cm³/mol. The summed E-state index contributed by atoms with van der Waals surface area (Å²) in [6.07, 6.45) is 0.379. The molecule has 1 aromatic carbocycles. The van der Waals surface area contributed by atoms with Crippen molar-refractivity contribution in [2.75, 3.05) is 32.8 Å². The van der Waals surface area contributed by atoms with Crippen LogP contribution in [0.1, 0.15) is 64.4 Å². The number of amides is 3. The number of hydrogen-bond donors (Lipinski definition) is 1. The Balaban J connectivity index is 1.53. The molecule has 2 saturated heterocycles. The topological polar surface area (TPSA) is 81.2 Å². The van der Waals surface area contributed by atoms with Gasteiger partial charge in [0.05, 0.1) is 24.0 Å². The Hall–Kier alpha value is -2.26. The zero-order chi connectivity index (χ0) is 27.8. The molecule has 3 atom stereocenters. The molecule has 0 radical (unpaired) electrons. The maximum atomic E-state index is 13.9. The average Bonchev–Trinajstić information content (AvgIpc) is 3.53. The second kappa shape index (κ2) is 11.1. The van der Waals surface area contributed by atoms with Crippen molar-refractivity contribution in [3.05, 3.63) is 34.9 Å². The Morgan fingerprint density at radius 3 is 2.24 bits per heavy atom. The summed E-state index contributed by atoms with van der Waals surface area (Å²) in [4.78, 5) is 44.8. The Morgan fingerprint density at radius 1 is 1.03 bits per heavy atom. The van der Waals surface area contributed by atoms with Crippen molar-refractivity contribution in [2.45, 2.75) is 76.8 Å². The highest BCUT2D eigenvalue weighted by atomic mass is 35.5. The lowest BCUT2D eigenvalue weighted by molar-refractivity contribution is -0.151. The number of carbonyl (C=O) groups is 3.